The van der Waals surface area contributed by atoms with Crippen LogP contribution in [0.15, 0.2) is 74.5 Å². The molecule has 0 radical (unpaired) electrons. The molecule has 0 saturated heterocycles. The zero-order chi connectivity index (χ0) is 22.2. The van der Waals surface area contributed by atoms with Crippen LogP contribution in [0, 0.1) is 5.92 Å². The number of carbonyl (C=O) groups excluding carboxylic acids is 1. The Labute approximate surface area is 190 Å². The van der Waals surface area contributed by atoms with Crippen molar-refractivity contribution in [2.24, 2.45) is 11.0 Å². The van der Waals surface area contributed by atoms with E-state index in [9.17, 15) is 4.79 Å². The molecule has 0 bridgehead atoms. The SMILES string of the molecule is O=C(COc1ccc2c(c1)OCO2)N1N=C2C(=Cc3ccco3)CCCC2C1c1ccco1. The fraction of sp³-hybridized carbons (Fsp3) is 0.280. The predicted molar refractivity (Wildman–Crippen MR) is 118 cm³/mol. The zero-order valence-electron chi connectivity index (χ0n) is 17.8. The first kappa shape index (κ1) is 19.7. The van der Waals surface area contributed by atoms with Crippen molar-refractivity contribution >= 4 is 17.7 Å². The van der Waals surface area contributed by atoms with Crippen LogP contribution in [0.5, 0.6) is 17.2 Å². The number of furan rings is 2. The summed E-state index contributed by atoms with van der Waals surface area (Å²) in [5.74, 6) is 3.11. The van der Waals surface area contributed by atoms with Gasteiger partial charge < -0.3 is 23.0 Å². The second-order valence-electron chi connectivity index (χ2n) is 8.17. The minimum Gasteiger partial charge on any atom is -0.484 e. The summed E-state index contributed by atoms with van der Waals surface area (Å²) < 4.78 is 27.7. The molecule has 168 valence electrons. The van der Waals surface area contributed by atoms with E-state index in [1.54, 1.807) is 30.7 Å². The lowest BCUT2D eigenvalue weighted by atomic mass is 9.79. The number of benzene rings is 1. The first-order chi connectivity index (χ1) is 16.3. The molecule has 3 aliphatic rings. The van der Waals surface area contributed by atoms with Crippen LogP contribution in [-0.2, 0) is 4.79 Å². The van der Waals surface area contributed by atoms with Gasteiger partial charge in [-0.3, -0.25) is 4.79 Å². The van der Waals surface area contributed by atoms with Crippen LogP contribution in [0.2, 0.25) is 0 Å². The van der Waals surface area contributed by atoms with Gasteiger partial charge in [-0.1, -0.05) is 0 Å². The molecule has 2 unspecified atom stereocenters. The van der Waals surface area contributed by atoms with Gasteiger partial charge >= 0.3 is 0 Å². The van der Waals surface area contributed by atoms with E-state index in [1.807, 2.05) is 30.3 Å². The van der Waals surface area contributed by atoms with E-state index in [2.05, 4.69) is 0 Å². The van der Waals surface area contributed by atoms with Crippen molar-refractivity contribution in [3.63, 3.8) is 0 Å². The van der Waals surface area contributed by atoms with Crippen molar-refractivity contribution in [2.75, 3.05) is 13.4 Å². The number of hydrogen-bond donors (Lipinski definition) is 0. The number of ether oxygens (including phenoxy) is 3. The predicted octanol–water partition coefficient (Wildman–Crippen LogP) is 4.80. The molecule has 2 aromatic heterocycles. The Morgan fingerprint density at radius 2 is 2.00 bits per heavy atom. The number of fused-ring (bicyclic) bond motifs is 2. The van der Waals surface area contributed by atoms with Crippen LogP contribution in [0.1, 0.15) is 36.8 Å². The Morgan fingerprint density at radius 3 is 2.85 bits per heavy atom. The minimum absolute atomic E-state index is 0.0561. The van der Waals surface area contributed by atoms with Gasteiger partial charge in [0.1, 0.15) is 23.3 Å². The van der Waals surface area contributed by atoms with Crippen molar-refractivity contribution < 1.29 is 27.8 Å². The normalized spacial score (nSPS) is 22.4. The summed E-state index contributed by atoms with van der Waals surface area (Å²) in [7, 11) is 0. The van der Waals surface area contributed by atoms with Gasteiger partial charge in [0, 0.05) is 12.0 Å². The smallest absolute Gasteiger partial charge is 0.281 e. The van der Waals surface area contributed by atoms with E-state index in [1.165, 1.54) is 5.01 Å². The lowest BCUT2D eigenvalue weighted by Crippen LogP contribution is -2.34. The molecule has 8 heteroatoms. The first-order valence-corrected chi connectivity index (χ1v) is 11.0. The van der Waals surface area contributed by atoms with Gasteiger partial charge in [0.25, 0.3) is 5.91 Å². The van der Waals surface area contributed by atoms with Gasteiger partial charge in [0.15, 0.2) is 18.1 Å². The number of hydrazone groups is 1. The summed E-state index contributed by atoms with van der Waals surface area (Å²) >= 11 is 0. The summed E-state index contributed by atoms with van der Waals surface area (Å²) in [6.45, 7) is 0.0284. The third-order valence-electron chi connectivity index (χ3n) is 6.16. The summed E-state index contributed by atoms with van der Waals surface area (Å²) in [6.07, 6.45) is 8.10. The third kappa shape index (κ3) is 3.67. The molecule has 1 aromatic carbocycles. The lowest BCUT2D eigenvalue weighted by Gasteiger charge is -2.27. The molecule has 0 spiro atoms. The second-order valence-corrected chi connectivity index (χ2v) is 8.17. The van der Waals surface area contributed by atoms with E-state index >= 15 is 0 Å². The largest absolute Gasteiger partial charge is 0.484 e. The highest BCUT2D eigenvalue weighted by molar-refractivity contribution is 6.08. The molecule has 8 nitrogen and oxygen atoms in total. The highest BCUT2D eigenvalue weighted by Gasteiger charge is 2.45. The van der Waals surface area contributed by atoms with Crippen LogP contribution < -0.4 is 14.2 Å². The molecule has 1 aliphatic carbocycles. The van der Waals surface area contributed by atoms with Crippen molar-refractivity contribution in [3.8, 4) is 17.2 Å². The lowest BCUT2D eigenvalue weighted by molar-refractivity contribution is -0.136. The van der Waals surface area contributed by atoms with Crippen LogP contribution >= 0.6 is 0 Å². The fourth-order valence-corrected chi connectivity index (χ4v) is 4.67. The molecular weight excluding hydrogens is 424 g/mol. The van der Waals surface area contributed by atoms with Crippen molar-refractivity contribution in [3.05, 3.63) is 72.1 Å². The Bertz CT molecular complexity index is 1210. The number of allylic oxidation sites excluding steroid dienone is 1. The van der Waals surface area contributed by atoms with Crippen molar-refractivity contribution in [1.82, 2.24) is 5.01 Å². The second kappa shape index (κ2) is 8.20. The quantitative estimate of drug-likeness (QED) is 0.559. The summed E-state index contributed by atoms with van der Waals surface area (Å²) in [6, 6.07) is 12.4. The summed E-state index contributed by atoms with van der Waals surface area (Å²) in [5, 5.41) is 6.31. The standard InChI is InChI=1S/C25H22N2O6/c28-23(14-31-18-8-9-20-22(13-18)33-15-32-20)27-25(21-7-3-11-30-21)19-6-1-4-16(24(19)26-27)12-17-5-2-10-29-17/h2-3,5,7-13,19,25H,1,4,6,14-15H2. The van der Waals surface area contributed by atoms with Crippen molar-refractivity contribution in [1.29, 1.82) is 0 Å². The van der Waals surface area contributed by atoms with Crippen LogP contribution in [0.3, 0.4) is 0 Å². The number of rotatable bonds is 5. The van der Waals surface area contributed by atoms with Crippen molar-refractivity contribution in [2.45, 2.75) is 25.3 Å². The van der Waals surface area contributed by atoms with Crippen LogP contribution in [0.4, 0.5) is 0 Å². The van der Waals surface area contributed by atoms with Gasteiger partial charge in [-0.05, 0) is 67.3 Å². The maximum atomic E-state index is 13.3. The van der Waals surface area contributed by atoms with Crippen LogP contribution in [0.25, 0.3) is 6.08 Å². The molecule has 3 aromatic rings. The highest BCUT2D eigenvalue weighted by Crippen LogP contribution is 2.44. The Hall–Kier alpha value is -3.94. The number of amides is 1. The molecule has 0 N–H and O–H groups in total. The van der Waals surface area contributed by atoms with Gasteiger partial charge in [-0.25, -0.2) is 5.01 Å². The third-order valence-corrected chi connectivity index (χ3v) is 6.16. The maximum absolute atomic E-state index is 13.3. The molecule has 4 heterocycles. The molecule has 1 saturated carbocycles. The van der Waals surface area contributed by atoms with E-state index in [0.717, 1.165) is 42.1 Å². The zero-order valence-corrected chi connectivity index (χ0v) is 17.8. The first-order valence-electron chi connectivity index (χ1n) is 11.0. The molecule has 2 aliphatic heterocycles. The fourth-order valence-electron chi connectivity index (χ4n) is 4.67. The average Bonchev–Trinajstić information content (AvgIpc) is 3.63. The average molecular weight is 446 g/mol. The van der Waals surface area contributed by atoms with E-state index in [0.29, 0.717) is 17.2 Å². The topological polar surface area (TPSA) is 86.6 Å². The molecule has 33 heavy (non-hydrogen) atoms. The number of hydrogen-bond acceptors (Lipinski definition) is 7. The van der Waals surface area contributed by atoms with Crippen LogP contribution in [-0.4, -0.2) is 30.0 Å². The Kier molecular flexibility index (Phi) is 4.90. The molecule has 1 fully saturated rings. The molecular formula is C25H22N2O6. The maximum Gasteiger partial charge on any atom is 0.281 e. The Balaban J connectivity index is 1.27. The molecule has 6 rings (SSSR count). The Morgan fingerprint density at radius 1 is 1.12 bits per heavy atom. The number of carbonyl (C=O) groups is 1. The number of nitrogens with zero attached hydrogens (tertiary/aromatic N) is 2. The molecule has 2 atom stereocenters. The summed E-state index contributed by atoms with van der Waals surface area (Å²) in [4.78, 5) is 13.3. The molecule has 1 amide bonds. The minimum atomic E-state index is -0.303. The van der Waals surface area contributed by atoms with E-state index in [-0.39, 0.29) is 31.3 Å². The van der Waals surface area contributed by atoms with Gasteiger partial charge in [0.2, 0.25) is 6.79 Å². The van der Waals surface area contributed by atoms with E-state index in [4.69, 9.17) is 28.1 Å². The van der Waals surface area contributed by atoms with Gasteiger partial charge in [-0.15, -0.1) is 0 Å². The van der Waals surface area contributed by atoms with Gasteiger partial charge in [-0.2, -0.15) is 5.10 Å². The monoisotopic (exact) mass is 446 g/mol. The summed E-state index contributed by atoms with van der Waals surface area (Å²) in [5.41, 5.74) is 2.00. The van der Waals surface area contributed by atoms with E-state index < -0.39 is 0 Å². The van der Waals surface area contributed by atoms with Gasteiger partial charge in [0.05, 0.1) is 18.2 Å². The highest BCUT2D eigenvalue weighted by atomic mass is 16.7.